The Kier molecular flexibility index (Phi) is 5.11. The summed E-state index contributed by atoms with van der Waals surface area (Å²) in [5.74, 6) is -0.458. The van der Waals surface area contributed by atoms with Gasteiger partial charge in [-0.05, 0) is 59.2 Å². The van der Waals surface area contributed by atoms with E-state index in [0.29, 0.717) is 29.8 Å². The lowest BCUT2D eigenvalue weighted by Crippen LogP contribution is -2.11. The van der Waals surface area contributed by atoms with E-state index in [1.807, 2.05) is 32.0 Å². The lowest BCUT2D eigenvalue weighted by Gasteiger charge is -2.12. The highest BCUT2D eigenvalue weighted by molar-refractivity contribution is 14.1. The maximum absolute atomic E-state index is 11.6. The number of aromatic nitrogens is 2. The lowest BCUT2D eigenvalue weighted by molar-refractivity contribution is 0.0691. The van der Waals surface area contributed by atoms with E-state index in [4.69, 9.17) is 4.74 Å². The molecule has 0 spiro atoms. The van der Waals surface area contributed by atoms with Gasteiger partial charge >= 0.3 is 5.97 Å². The Bertz CT molecular complexity index is 674. The number of halogens is 1. The molecule has 6 heteroatoms. The van der Waals surface area contributed by atoms with Gasteiger partial charge in [0.1, 0.15) is 11.3 Å². The van der Waals surface area contributed by atoms with Crippen molar-refractivity contribution in [2.45, 2.75) is 26.7 Å². The molecule has 0 radical (unpaired) electrons. The topological polar surface area (TPSA) is 72.3 Å². The molecule has 0 amide bonds. The molecule has 110 valence electrons. The molecule has 0 fully saturated rings. The highest BCUT2D eigenvalue weighted by Gasteiger charge is 2.22. The number of hydrogen-bond acceptors (Lipinski definition) is 4. The van der Waals surface area contributed by atoms with Crippen molar-refractivity contribution in [2.75, 3.05) is 0 Å². The summed E-state index contributed by atoms with van der Waals surface area (Å²) in [6.07, 6.45) is 1.21. The van der Waals surface area contributed by atoms with Crippen molar-refractivity contribution >= 4 is 28.6 Å². The van der Waals surface area contributed by atoms with E-state index in [0.717, 1.165) is 3.57 Å². The molecule has 0 aliphatic heterocycles. The minimum absolute atomic E-state index is 0.0403. The van der Waals surface area contributed by atoms with Crippen molar-refractivity contribution in [3.05, 3.63) is 44.7 Å². The molecule has 1 heterocycles. The third-order valence-corrected chi connectivity index (χ3v) is 3.71. The summed E-state index contributed by atoms with van der Waals surface area (Å²) in [5.41, 5.74) is 1.48. The molecular weight excluding hydrogens is 383 g/mol. The van der Waals surface area contributed by atoms with E-state index < -0.39 is 5.97 Å². The SMILES string of the molecule is CCc1nnc(Oc2cccc(I)c2)c(C(=O)O)c1CC. The third kappa shape index (κ3) is 3.49. The Balaban J connectivity index is 2.50. The predicted octanol–water partition coefficient (Wildman–Crippen LogP) is 3.70. The number of aromatic carboxylic acids is 1. The Hall–Kier alpha value is -1.70. The molecule has 0 unspecified atom stereocenters. The van der Waals surface area contributed by atoms with Crippen molar-refractivity contribution in [3.63, 3.8) is 0 Å². The molecule has 0 bridgehead atoms. The minimum Gasteiger partial charge on any atom is -0.477 e. The predicted molar refractivity (Wildman–Crippen MR) is 87.0 cm³/mol. The molecule has 5 nitrogen and oxygen atoms in total. The summed E-state index contributed by atoms with van der Waals surface area (Å²) < 4.78 is 6.63. The van der Waals surface area contributed by atoms with Crippen LogP contribution in [0.1, 0.15) is 35.5 Å². The zero-order valence-corrected chi connectivity index (χ0v) is 13.9. The van der Waals surface area contributed by atoms with Crippen LogP contribution in [0.2, 0.25) is 0 Å². The number of carboxylic acids is 1. The average molecular weight is 398 g/mol. The van der Waals surface area contributed by atoms with Crippen LogP contribution in [0.5, 0.6) is 11.6 Å². The van der Waals surface area contributed by atoms with Crippen molar-refractivity contribution < 1.29 is 14.6 Å². The average Bonchev–Trinajstić information content (AvgIpc) is 2.46. The van der Waals surface area contributed by atoms with E-state index in [-0.39, 0.29) is 11.4 Å². The lowest BCUT2D eigenvalue weighted by atomic mass is 10.0. The quantitative estimate of drug-likeness (QED) is 0.778. The summed E-state index contributed by atoms with van der Waals surface area (Å²) in [7, 11) is 0. The Morgan fingerprint density at radius 2 is 2.05 bits per heavy atom. The first-order valence-corrected chi connectivity index (χ1v) is 7.69. The van der Waals surface area contributed by atoms with Crippen molar-refractivity contribution in [2.24, 2.45) is 0 Å². The van der Waals surface area contributed by atoms with E-state index >= 15 is 0 Å². The number of aryl methyl sites for hydroxylation is 1. The fourth-order valence-corrected chi connectivity index (χ4v) is 2.60. The summed E-state index contributed by atoms with van der Waals surface area (Å²) in [5, 5.41) is 17.5. The standard InChI is InChI=1S/C15H15IN2O3/c1-3-11-12(4-2)17-18-14(13(11)15(19)20)21-10-7-5-6-9(16)8-10/h5-8H,3-4H2,1-2H3,(H,19,20). The second kappa shape index (κ2) is 6.84. The van der Waals surface area contributed by atoms with Gasteiger partial charge in [-0.25, -0.2) is 4.79 Å². The second-order valence-corrected chi connectivity index (χ2v) is 5.62. The monoisotopic (exact) mass is 398 g/mol. The summed E-state index contributed by atoms with van der Waals surface area (Å²) in [6, 6.07) is 7.34. The highest BCUT2D eigenvalue weighted by Crippen LogP contribution is 2.28. The highest BCUT2D eigenvalue weighted by atomic mass is 127. The summed E-state index contributed by atoms with van der Waals surface area (Å²) >= 11 is 2.16. The van der Waals surface area contributed by atoms with E-state index in [1.165, 1.54) is 0 Å². The van der Waals surface area contributed by atoms with Gasteiger partial charge in [0.2, 0.25) is 0 Å². The van der Waals surface area contributed by atoms with Gasteiger partial charge in [0.25, 0.3) is 5.88 Å². The van der Waals surface area contributed by atoms with Crippen LogP contribution >= 0.6 is 22.6 Å². The maximum atomic E-state index is 11.6. The number of carboxylic acid groups (broad SMARTS) is 1. The molecule has 21 heavy (non-hydrogen) atoms. The normalized spacial score (nSPS) is 10.4. The van der Waals surface area contributed by atoms with Gasteiger partial charge in [-0.2, -0.15) is 5.10 Å². The number of hydrogen-bond donors (Lipinski definition) is 1. The van der Waals surface area contributed by atoms with Gasteiger partial charge in [0.05, 0.1) is 5.69 Å². The summed E-state index contributed by atoms with van der Waals surface area (Å²) in [4.78, 5) is 11.6. The van der Waals surface area contributed by atoms with Crippen LogP contribution in [0.15, 0.2) is 24.3 Å². The third-order valence-electron chi connectivity index (χ3n) is 3.04. The van der Waals surface area contributed by atoms with Gasteiger partial charge < -0.3 is 9.84 Å². The fourth-order valence-electron chi connectivity index (χ4n) is 2.09. The van der Waals surface area contributed by atoms with Crippen LogP contribution in [-0.2, 0) is 12.8 Å². The van der Waals surface area contributed by atoms with Crippen LogP contribution < -0.4 is 4.74 Å². The number of rotatable bonds is 5. The Morgan fingerprint density at radius 1 is 1.29 bits per heavy atom. The first-order chi connectivity index (χ1) is 10.1. The molecule has 0 aliphatic carbocycles. The fraction of sp³-hybridized carbons (Fsp3) is 0.267. The number of ether oxygens (including phenoxy) is 1. The molecule has 1 N–H and O–H groups in total. The van der Waals surface area contributed by atoms with Crippen LogP contribution in [0.3, 0.4) is 0 Å². The zero-order chi connectivity index (χ0) is 15.4. The minimum atomic E-state index is -1.04. The molecule has 2 rings (SSSR count). The molecule has 0 atom stereocenters. The van der Waals surface area contributed by atoms with Crippen LogP contribution in [0.4, 0.5) is 0 Å². The summed E-state index contributed by atoms with van der Waals surface area (Å²) in [6.45, 7) is 3.83. The largest absolute Gasteiger partial charge is 0.477 e. The smallest absolute Gasteiger partial charge is 0.341 e. The van der Waals surface area contributed by atoms with Gasteiger partial charge in [-0.15, -0.1) is 5.10 Å². The molecule has 2 aromatic rings. The molecule has 0 saturated carbocycles. The van der Waals surface area contributed by atoms with E-state index in [9.17, 15) is 9.90 Å². The van der Waals surface area contributed by atoms with Gasteiger partial charge in [0.15, 0.2) is 0 Å². The van der Waals surface area contributed by atoms with Crippen molar-refractivity contribution in [3.8, 4) is 11.6 Å². The Labute approximate surface area is 136 Å². The molecular formula is C15H15IN2O3. The number of nitrogens with zero attached hydrogens (tertiary/aromatic N) is 2. The van der Waals surface area contributed by atoms with Crippen LogP contribution in [-0.4, -0.2) is 21.3 Å². The van der Waals surface area contributed by atoms with Gasteiger partial charge in [-0.1, -0.05) is 19.9 Å². The van der Waals surface area contributed by atoms with E-state index in [1.54, 1.807) is 6.07 Å². The first-order valence-electron chi connectivity index (χ1n) is 6.61. The zero-order valence-electron chi connectivity index (χ0n) is 11.8. The number of benzene rings is 1. The molecule has 1 aromatic heterocycles. The van der Waals surface area contributed by atoms with Gasteiger partial charge in [0, 0.05) is 3.57 Å². The maximum Gasteiger partial charge on any atom is 0.341 e. The van der Waals surface area contributed by atoms with Crippen LogP contribution in [0, 0.1) is 3.57 Å². The van der Waals surface area contributed by atoms with E-state index in [2.05, 4.69) is 32.8 Å². The Morgan fingerprint density at radius 3 is 2.62 bits per heavy atom. The number of carbonyl (C=O) groups is 1. The van der Waals surface area contributed by atoms with Crippen LogP contribution in [0.25, 0.3) is 0 Å². The molecule has 0 saturated heterocycles. The van der Waals surface area contributed by atoms with Gasteiger partial charge in [-0.3, -0.25) is 0 Å². The van der Waals surface area contributed by atoms with Crippen molar-refractivity contribution in [1.29, 1.82) is 0 Å². The molecule has 0 aliphatic rings. The second-order valence-electron chi connectivity index (χ2n) is 4.38. The first kappa shape index (κ1) is 15.7. The van der Waals surface area contributed by atoms with Crippen molar-refractivity contribution in [1.82, 2.24) is 10.2 Å². The molecule has 1 aromatic carbocycles.